The van der Waals surface area contributed by atoms with E-state index in [0.717, 1.165) is 23.0 Å². The van der Waals surface area contributed by atoms with Crippen molar-refractivity contribution in [1.29, 1.82) is 0 Å². The van der Waals surface area contributed by atoms with Gasteiger partial charge in [-0.25, -0.2) is 4.39 Å². The molecule has 0 saturated carbocycles. The van der Waals surface area contributed by atoms with Gasteiger partial charge in [-0.05, 0) is 36.2 Å². The number of aryl methyl sites for hydroxylation is 1. The number of hydrogen-bond donors (Lipinski definition) is 1. The highest BCUT2D eigenvalue weighted by Gasteiger charge is 2.10. The average Bonchev–Trinajstić information content (AvgIpc) is 2.56. The fourth-order valence-electron chi connectivity index (χ4n) is 2.31. The van der Waals surface area contributed by atoms with Crippen molar-refractivity contribution in [3.63, 3.8) is 0 Å². The summed E-state index contributed by atoms with van der Waals surface area (Å²) in [5.41, 5.74) is 1.56. The maximum atomic E-state index is 13.7. The molecule has 0 atom stereocenters. The van der Waals surface area contributed by atoms with E-state index in [1.165, 1.54) is 16.7 Å². The van der Waals surface area contributed by atoms with Crippen molar-refractivity contribution in [2.45, 2.75) is 13.5 Å². The van der Waals surface area contributed by atoms with Crippen LogP contribution in [0.1, 0.15) is 11.1 Å². The van der Waals surface area contributed by atoms with E-state index < -0.39 is 11.4 Å². The van der Waals surface area contributed by atoms with Crippen LogP contribution in [0.15, 0.2) is 59.5 Å². The predicted molar refractivity (Wildman–Crippen MR) is 88.4 cm³/mol. The number of nitrogens with one attached hydrogen (secondary N) is 1. The van der Waals surface area contributed by atoms with Crippen LogP contribution in [0, 0.1) is 18.6 Å². The van der Waals surface area contributed by atoms with Crippen LogP contribution in [-0.4, -0.2) is 9.55 Å². The molecule has 0 aliphatic carbocycles. The molecular formula is C18H15F2N3O. The van der Waals surface area contributed by atoms with Crippen LogP contribution in [0.5, 0.6) is 0 Å². The summed E-state index contributed by atoms with van der Waals surface area (Å²) in [5, 5.41) is 3.05. The Balaban J connectivity index is 1.98. The zero-order chi connectivity index (χ0) is 17.1. The summed E-state index contributed by atoms with van der Waals surface area (Å²) < 4.78 is 28.2. The molecule has 0 unspecified atom stereocenters. The van der Waals surface area contributed by atoms with E-state index in [0.29, 0.717) is 0 Å². The summed E-state index contributed by atoms with van der Waals surface area (Å²) in [6.07, 6.45) is 1.10. The van der Waals surface area contributed by atoms with Crippen molar-refractivity contribution in [3.8, 4) is 0 Å². The van der Waals surface area contributed by atoms with E-state index in [-0.39, 0.29) is 18.3 Å². The molecule has 1 aromatic heterocycles. The summed E-state index contributed by atoms with van der Waals surface area (Å²) in [4.78, 5) is 15.3. The van der Waals surface area contributed by atoms with E-state index >= 15 is 0 Å². The minimum absolute atomic E-state index is 0.222. The Bertz CT molecular complexity index is 920. The number of benzene rings is 2. The van der Waals surface area contributed by atoms with E-state index in [2.05, 4.69) is 10.3 Å². The molecule has 0 aliphatic rings. The molecule has 0 bridgehead atoms. The van der Waals surface area contributed by atoms with Crippen molar-refractivity contribution in [3.05, 3.63) is 87.8 Å². The van der Waals surface area contributed by atoms with Crippen LogP contribution in [-0.2, 0) is 6.54 Å². The summed E-state index contributed by atoms with van der Waals surface area (Å²) in [7, 11) is 0. The summed E-state index contributed by atoms with van der Waals surface area (Å²) in [5.74, 6) is -1.06. The minimum Gasteiger partial charge on any atom is -0.325 e. The molecule has 0 spiro atoms. The summed E-state index contributed by atoms with van der Waals surface area (Å²) in [6, 6.07) is 13.4. The molecule has 1 heterocycles. The molecule has 24 heavy (non-hydrogen) atoms. The zero-order valence-corrected chi connectivity index (χ0v) is 13.0. The van der Waals surface area contributed by atoms with Crippen LogP contribution >= 0.6 is 0 Å². The molecule has 0 amide bonds. The highest BCUT2D eigenvalue weighted by molar-refractivity contribution is 5.58. The molecule has 0 fully saturated rings. The number of hydrogen-bond acceptors (Lipinski definition) is 3. The molecule has 6 heteroatoms. The number of nitrogens with zero attached hydrogens (tertiary/aromatic N) is 2. The van der Waals surface area contributed by atoms with Crippen molar-refractivity contribution in [1.82, 2.24) is 9.55 Å². The van der Waals surface area contributed by atoms with Gasteiger partial charge >= 0.3 is 5.56 Å². The van der Waals surface area contributed by atoms with Crippen LogP contribution < -0.4 is 10.9 Å². The fraction of sp³-hybridized carbons (Fsp3) is 0.111. The normalized spacial score (nSPS) is 10.6. The first kappa shape index (κ1) is 15.9. The third kappa shape index (κ3) is 3.48. The van der Waals surface area contributed by atoms with Gasteiger partial charge in [0.05, 0.1) is 6.54 Å². The van der Waals surface area contributed by atoms with Gasteiger partial charge < -0.3 is 9.88 Å². The van der Waals surface area contributed by atoms with Gasteiger partial charge in [-0.1, -0.05) is 30.3 Å². The van der Waals surface area contributed by atoms with Gasteiger partial charge in [0.15, 0.2) is 0 Å². The topological polar surface area (TPSA) is 46.9 Å². The number of aromatic nitrogens is 2. The Hall–Kier alpha value is -3.02. The first-order valence-corrected chi connectivity index (χ1v) is 7.37. The number of anilines is 2. The lowest BCUT2D eigenvalue weighted by atomic mass is 10.2. The third-order valence-corrected chi connectivity index (χ3v) is 3.61. The number of halogens is 2. The quantitative estimate of drug-likeness (QED) is 0.796. The van der Waals surface area contributed by atoms with Crippen molar-refractivity contribution in [2.75, 3.05) is 5.32 Å². The first-order valence-electron chi connectivity index (χ1n) is 7.37. The second-order valence-electron chi connectivity index (χ2n) is 5.41. The van der Waals surface area contributed by atoms with Crippen LogP contribution in [0.3, 0.4) is 0 Å². The molecule has 122 valence electrons. The second-order valence-corrected chi connectivity index (χ2v) is 5.41. The van der Waals surface area contributed by atoms with Crippen molar-refractivity contribution >= 4 is 11.6 Å². The molecule has 0 radical (unpaired) electrons. The van der Waals surface area contributed by atoms with Crippen LogP contribution in [0.4, 0.5) is 20.4 Å². The van der Waals surface area contributed by atoms with Gasteiger partial charge in [0.25, 0.3) is 0 Å². The lowest BCUT2D eigenvalue weighted by Crippen LogP contribution is -2.20. The zero-order valence-electron chi connectivity index (χ0n) is 13.0. The van der Waals surface area contributed by atoms with Gasteiger partial charge in [-0.3, -0.25) is 4.79 Å². The summed E-state index contributed by atoms with van der Waals surface area (Å²) in [6.45, 7) is 2.16. The molecule has 2 aromatic carbocycles. The molecule has 3 rings (SSSR count). The Morgan fingerprint density at radius 1 is 1.08 bits per heavy atom. The van der Waals surface area contributed by atoms with Gasteiger partial charge in [-0.2, -0.15) is 9.37 Å². The molecule has 4 nitrogen and oxygen atoms in total. The lowest BCUT2D eigenvalue weighted by Gasteiger charge is -2.15. The summed E-state index contributed by atoms with van der Waals surface area (Å²) >= 11 is 0. The van der Waals surface area contributed by atoms with Crippen molar-refractivity contribution in [2.24, 2.45) is 0 Å². The Labute approximate surface area is 137 Å². The van der Waals surface area contributed by atoms with E-state index in [9.17, 15) is 13.6 Å². The van der Waals surface area contributed by atoms with Gasteiger partial charge in [0.1, 0.15) is 5.82 Å². The first-order chi connectivity index (χ1) is 11.5. The highest BCUT2D eigenvalue weighted by atomic mass is 19.1. The molecule has 1 N–H and O–H groups in total. The second kappa shape index (κ2) is 6.62. The smallest absolute Gasteiger partial charge is 0.310 e. The number of rotatable bonds is 4. The van der Waals surface area contributed by atoms with Crippen LogP contribution in [0.2, 0.25) is 0 Å². The monoisotopic (exact) mass is 327 g/mol. The van der Waals surface area contributed by atoms with Crippen molar-refractivity contribution < 1.29 is 8.78 Å². The van der Waals surface area contributed by atoms with Gasteiger partial charge in [-0.15, -0.1) is 0 Å². The SMILES string of the molecule is Cc1ccccc1Nc1nc(=O)c(F)cn1Cc1ccc(F)cc1. The molecule has 3 aromatic rings. The average molecular weight is 327 g/mol. The molecule has 0 saturated heterocycles. The molecule has 0 aliphatic heterocycles. The fourth-order valence-corrected chi connectivity index (χ4v) is 2.31. The van der Waals surface area contributed by atoms with E-state index in [4.69, 9.17) is 0 Å². The maximum absolute atomic E-state index is 13.7. The van der Waals surface area contributed by atoms with E-state index in [1.807, 2.05) is 31.2 Å². The Morgan fingerprint density at radius 2 is 1.79 bits per heavy atom. The Kier molecular flexibility index (Phi) is 4.37. The number of para-hydroxylation sites is 1. The third-order valence-electron chi connectivity index (χ3n) is 3.61. The lowest BCUT2D eigenvalue weighted by molar-refractivity contribution is 0.578. The predicted octanol–water partition coefficient (Wildman–Crippen LogP) is 3.62. The van der Waals surface area contributed by atoms with Gasteiger partial charge in [0, 0.05) is 11.9 Å². The highest BCUT2D eigenvalue weighted by Crippen LogP contribution is 2.19. The Morgan fingerprint density at radius 3 is 2.50 bits per heavy atom. The largest absolute Gasteiger partial charge is 0.325 e. The minimum atomic E-state index is -0.938. The van der Waals surface area contributed by atoms with Crippen LogP contribution in [0.25, 0.3) is 0 Å². The van der Waals surface area contributed by atoms with Gasteiger partial charge in [0.2, 0.25) is 11.8 Å². The standard InChI is InChI=1S/C18H15F2N3O/c1-12-4-2-3-5-16(12)21-18-22-17(24)15(20)11-23(18)10-13-6-8-14(19)9-7-13/h2-9,11H,10H2,1H3,(H,21,22,24). The maximum Gasteiger partial charge on any atom is 0.310 e. The molecular weight excluding hydrogens is 312 g/mol. The van der Waals surface area contributed by atoms with E-state index in [1.54, 1.807) is 12.1 Å².